The van der Waals surface area contributed by atoms with Crippen molar-refractivity contribution in [1.82, 2.24) is 5.16 Å². The fourth-order valence-corrected chi connectivity index (χ4v) is 4.15. The zero-order valence-corrected chi connectivity index (χ0v) is 21.1. The van der Waals surface area contributed by atoms with Gasteiger partial charge in [0.2, 0.25) is 0 Å². The summed E-state index contributed by atoms with van der Waals surface area (Å²) < 4.78 is 46.3. The van der Waals surface area contributed by atoms with Gasteiger partial charge in [0.25, 0.3) is 0 Å². The monoisotopic (exact) mass is 517 g/mol. The van der Waals surface area contributed by atoms with Crippen molar-refractivity contribution in [3.05, 3.63) is 89.4 Å². The summed E-state index contributed by atoms with van der Waals surface area (Å²) >= 11 is 6.04. The van der Waals surface area contributed by atoms with Crippen LogP contribution in [0.5, 0.6) is 11.5 Å². The molecule has 0 bridgehead atoms. The lowest BCUT2D eigenvalue weighted by atomic mass is 10.0. The molecule has 0 aliphatic rings. The summed E-state index contributed by atoms with van der Waals surface area (Å²) in [6.45, 7) is 7.82. The molecule has 0 saturated heterocycles. The summed E-state index contributed by atoms with van der Waals surface area (Å²) in [5.74, 6) is 4.29. The van der Waals surface area contributed by atoms with E-state index in [0.717, 1.165) is 0 Å². The summed E-state index contributed by atoms with van der Waals surface area (Å²) in [5, 5.41) is 4.13. The first-order valence-electron chi connectivity index (χ1n) is 10.1. The predicted octanol–water partition coefficient (Wildman–Crippen LogP) is 5.91. The molecule has 3 aromatic rings. The topological polar surface area (TPSA) is 76.8 Å². The van der Waals surface area contributed by atoms with Crippen LogP contribution in [0.3, 0.4) is 0 Å². The van der Waals surface area contributed by atoms with E-state index in [-0.39, 0.29) is 16.3 Å². The predicted molar refractivity (Wildman–Crippen MR) is 141 cm³/mol. The Morgan fingerprint density at radius 1 is 1.14 bits per heavy atom. The van der Waals surface area contributed by atoms with E-state index in [1.165, 1.54) is 38.7 Å². The van der Waals surface area contributed by atoms with Crippen LogP contribution in [0.15, 0.2) is 83.1 Å². The van der Waals surface area contributed by atoms with Crippen molar-refractivity contribution >= 4 is 38.7 Å². The van der Waals surface area contributed by atoms with Gasteiger partial charge < -0.3 is 18.9 Å². The molecule has 1 atom stereocenters. The van der Waals surface area contributed by atoms with Crippen molar-refractivity contribution in [2.24, 2.45) is 0 Å². The lowest BCUT2D eigenvalue weighted by molar-refractivity contribution is 0.413. The molecule has 0 spiro atoms. The van der Waals surface area contributed by atoms with E-state index >= 15 is 4.39 Å². The summed E-state index contributed by atoms with van der Waals surface area (Å²) in [6, 6.07) is 9.38. The highest BCUT2D eigenvalue weighted by Gasteiger charge is 2.19. The highest BCUT2D eigenvalue weighted by molar-refractivity contribution is 8.05. The summed E-state index contributed by atoms with van der Waals surface area (Å²) in [5.41, 5.74) is 1.70. The van der Waals surface area contributed by atoms with E-state index in [0.29, 0.717) is 33.5 Å². The van der Waals surface area contributed by atoms with Crippen LogP contribution in [-0.4, -0.2) is 36.5 Å². The van der Waals surface area contributed by atoms with Crippen LogP contribution in [0.4, 0.5) is 15.9 Å². The number of ether oxygens (including phenoxy) is 2. The van der Waals surface area contributed by atoms with Gasteiger partial charge in [0.1, 0.15) is 23.6 Å². The maximum absolute atomic E-state index is 15.2. The van der Waals surface area contributed by atoms with Crippen molar-refractivity contribution < 1.29 is 22.6 Å². The summed E-state index contributed by atoms with van der Waals surface area (Å²) in [6.07, 6.45) is 4.44. The Labute approximate surface area is 209 Å². The second-order valence-corrected chi connectivity index (χ2v) is 9.88. The lowest BCUT2D eigenvalue weighted by Crippen LogP contribution is -2.16. The minimum Gasteiger partial charge on any atom is -0.496 e. The van der Waals surface area contributed by atoms with E-state index in [2.05, 4.69) is 28.9 Å². The number of anilines is 2. The Balaban J connectivity index is 1.86. The fraction of sp³-hybridized carbons (Fsp3) is 0.120. The number of halogens is 2. The maximum Gasteiger partial charge on any atom is 0.180 e. The van der Waals surface area contributed by atoms with Crippen molar-refractivity contribution in [2.45, 2.75) is 0 Å². The van der Waals surface area contributed by atoms with Crippen LogP contribution in [0.25, 0.3) is 11.1 Å². The Morgan fingerprint density at radius 2 is 1.86 bits per heavy atom. The number of benzene rings is 2. The van der Waals surface area contributed by atoms with Crippen LogP contribution < -0.4 is 19.1 Å². The molecule has 10 heteroatoms. The molecule has 7 nitrogen and oxygen atoms in total. The highest BCUT2D eigenvalue weighted by Crippen LogP contribution is 2.40. The van der Waals surface area contributed by atoms with Gasteiger partial charge >= 0.3 is 0 Å². The molecule has 0 fully saturated rings. The second kappa shape index (κ2) is 10.7. The van der Waals surface area contributed by atoms with Gasteiger partial charge in [-0.25, -0.2) is 8.60 Å². The Bertz CT molecular complexity index is 1390. The standard InChI is InChI=1S/C25H25ClFN3O4S/c1-16(7-8-17(2)35(6,31)29-25-11-12-34-28-25)30(3)22-15-21(27)20(14-24(22)33-5)19-10-9-18(26)13-23(19)32-4/h7-15H,1-2,6H2,3-5H3,(H,28,29,31). The van der Waals surface area contributed by atoms with Gasteiger partial charge in [-0.3, -0.25) is 4.72 Å². The molecular formula is C25H25ClFN3O4S. The lowest BCUT2D eigenvalue weighted by Gasteiger charge is -2.23. The average Bonchev–Trinajstić information content (AvgIpc) is 3.34. The number of hydrogen-bond acceptors (Lipinski definition) is 6. The molecule has 0 amide bonds. The Kier molecular flexibility index (Phi) is 7.93. The number of nitrogens with zero attached hydrogens (tertiary/aromatic N) is 2. The number of nitrogens with one attached hydrogen (secondary N) is 1. The van der Waals surface area contributed by atoms with Crippen molar-refractivity contribution in [3.63, 3.8) is 0 Å². The molecule has 0 aliphatic carbocycles. The number of rotatable bonds is 10. The largest absolute Gasteiger partial charge is 0.496 e. The average molecular weight is 518 g/mol. The molecule has 1 aromatic heterocycles. The van der Waals surface area contributed by atoms with Crippen LogP contribution in [-0.2, 0) is 9.71 Å². The molecule has 2 aromatic carbocycles. The van der Waals surface area contributed by atoms with Gasteiger partial charge in [0.15, 0.2) is 5.82 Å². The highest BCUT2D eigenvalue weighted by atomic mass is 35.5. The van der Waals surface area contributed by atoms with Gasteiger partial charge in [0, 0.05) is 45.9 Å². The molecule has 1 unspecified atom stereocenters. The fourth-order valence-electron chi connectivity index (χ4n) is 3.13. The molecule has 1 N–H and O–H groups in total. The van der Waals surface area contributed by atoms with Crippen LogP contribution in [0, 0.1) is 5.82 Å². The number of hydrogen-bond donors (Lipinski definition) is 1. The SMILES string of the molecule is C=C(C=CC(=C)S(=C)(=O)Nc1ccon1)N(C)c1cc(F)c(-c2ccc(Cl)cc2OC)cc1OC. The molecule has 0 saturated carbocycles. The third kappa shape index (κ3) is 5.87. The van der Waals surface area contributed by atoms with Crippen LogP contribution >= 0.6 is 11.6 Å². The number of aromatic nitrogens is 1. The van der Waals surface area contributed by atoms with Crippen molar-refractivity contribution in [1.29, 1.82) is 0 Å². The third-order valence-electron chi connectivity index (χ3n) is 5.11. The van der Waals surface area contributed by atoms with E-state index in [1.807, 2.05) is 0 Å². The van der Waals surface area contributed by atoms with E-state index in [1.54, 1.807) is 42.3 Å². The normalized spacial score (nSPS) is 12.7. The van der Waals surface area contributed by atoms with Crippen molar-refractivity contribution in [2.75, 3.05) is 30.9 Å². The molecule has 3 rings (SSSR count). The number of allylic oxidation sites excluding steroid dienone is 2. The van der Waals surface area contributed by atoms with Gasteiger partial charge in [0.05, 0.1) is 29.6 Å². The quantitative estimate of drug-likeness (QED) is 0.266. The zero-order valence-electron chi connectivity index (χ0n) is 19.5. The van der Waals surface area contributed by atoms with Gasteiger partial charge in [-0.05, 0) is 42.3 Å². The van der Waals surface area contributed by atoms with E-state index in [4.69, 9.17) is 25.6 Å². The molecule has 35 heavy (non-hydrogen) atoms. The molecule has 184 valence electrons. The van der Waals surface area contributed by atoms with Crippen LogP contribution in [0.1, 0.15) is 0 Å². The Hall–Kier alpha value is -3.69. The summed E-state index contributed by atoms with van der Waals surface area (Å²) in [7, 11) is 1.72. The van der Waals surface area contributed by atoms with E-state index in [9.17, 15) is 4.21 Å². The van der Waals surface area contributed by atoms with Gasteiger partial charge in [-0.1, -0.05) is 29.9 Å². The summed E-state index contributed by atoms with van der Waals surface area (Å²) in [4.78, 5) is 1.84. The Morgan fingerprint density at radius 3 is 2.49 bits per heavy atom. The molecule has 0 radical (unpaired) electrons. The smallest absolute Gasteiger partial charge is 0.180 e. The molecule has 0 aliphatic heterocycles. The molecule has 1 heterocycles. The van der Waals surface area contributed by atoms with Gasteiger partial charge in [-0.2, -0.15) is 0 Å². The second-order valence-electron chi connectivity index (χ2n) is 7.36. The number of likely N-dealkylation sites (N-methyl/N-ethyl adjacent to an activating group) is 1. The van der Waals surface area contributed by atoms with E-state index < -0.39 is 15.5 Å². The van der Waals surface area contributed by atoms with Crippen LogP contribution in [0.2, 0.25) is 5.02 Å². The number of methoxy groups -OCH3 is 2. The minimum atomic E-state index is -2.95. The molecular weight excluding hydrogens is 493 g/mol. The maximum atomic E-state index is 15.2. The first-order chi connectivity index (χ1) is 16.6. The first-order valence-corrected chi connectivity index (χ1v) is 12.2. The first kappa shape index (κ1) is 25.9. The third-order valence-corrected chi connectivity index (χ3v) is 6.86. The van der Waals surface area contributed by atoms with Crippen molar-refractivity contribution in [3.8, 4) is 22.6 Å². The zero-order chi connectivity index (χ0) is 25.8. The van der Waals surface area contributed by atoms with Gasteiger partial charge in [-0.15, -0.1) is 0 Å². The minimum absolute atomic E-state index is 0.207.